The van der Waals surface area contributed by atoms with Crippen molar-refractivity contribution in [3.8, 4) is 22.3 Å². The summed E-state index contributed by atoms with van der Waals surface area (Å²) in [7, 11) is 0. The Balaban J connectivity index is 1.47. The van der Waals surface area contributed by atoms with Crippen LogP contribution >= 0.6 is 0 Å². The molecule has 4 aromatic carbocycles. The molecule has 1 saturated heterocycles. The first-order valence-electron chi connectivity index (χ1n) is 15.9. The van der Waals surface area contributed by atoms with Gasteiger partial charge in [0.05, 0.1) is 0 Å². The molecule has 1 heteroatoms. The molecular formula is C41H44Hf. The Hall–Kier alpha value is -2.77. The van der Waals surface area contributed by atoms with E-state index < -0.39 is 20.0 Å². The molecule has 1 fully saturated rings. The minimum atomic E-state index is -3.07. The molecule has 3 aliphatic rings. The second-order valence-electron chi connectivity index (χ2n) is 14.2. The molecule has 2 unspecified atom stereocenters. The van der Waals surface area contributed by atoms with Crippen molar-refractivity contribution in [2.45, 2.75) is 71.1 Å². The summed E-state index contributed by atoms with van der Waals surface area (Å²) in [6.45, 7) is 14.0. The van der Waals surface area contributed by atoms with Crippen molar-refractivity contribution in [3.05, 3.63) is 128 Å². The fraction of sp³-hybridized carbons (Fsp3) is 0.317. The average Bonchev–Trinajstić information content (AvgIpc) is 3.57. The molecule has 0 spiro atoms. The van der Waals surface area contributed by atoms with Crippen molar-refractivity contribution in [3.63, 3.8) is 0 Å². The van der Waals surface area contributed by atoms with E-state index in [2.05, 4.69) is 136 Å². The summed E-state index contributed by atoms with van der Waals surface area (Å²) >= 11 is -3.07. The zero-order valence-corrected chi connectivity index (χ0v) is 30.2. The molecule has 42 heavy (non-hydrogen) atoms. The second-order valence-corrected chi connectivity index (χ2v) is 31.5. The Morgan fingerprint density at radius 2 is 1.07 bits per heavy atom. The number of benzene rings is 4. The van der Waals surface area contributed by atoms with Gasteiger partial charge in [-0.1, -0.05) is 0 Å². The Morgan fingerprint density at radius 1 is 0.619 bits per heavy atom. The van der Waals surface area contributed by atoms with Crippen LogP contribution in [0.5, 0.6) is 0 Å². The third-order valence-electron chi connectivity index (χ3n) is 11.0. The van der Waals surface area contributed by atoms with Crippen molar-refractivity contribution >= 4 is 12.2 Å². The Labute approximate surface area is 257 Å². The predicted octanol–water partition coefficient (Wildman–Crippen LogP) is 11.9. The van der Waals surface area contributed by atoms with Crippen LogP contribution in [0.1, 0.15) is 78.5 Å². The van der Waals surface area contributed by atoms with Gasteiger partial charge in [0.25, 0.3) is 0 Å². The standard InChI is InChI=1S/C39H38.2CH3.Hf/c1-7-18-39(6,31-21-29-10-8-12-33(37(29)23-31)35-19-25(2)14-16-27(35)4)32-22-30-11-9-13-34(38(30)24-32)36-20-26(3)15-17-28(36)5;;;/h8-17,19-24H,7,18H2,1-6H3;2*1H3;. The molecule has 0 radical (unpaired) electrons. The van der Waals surface area contributed by atoms with E-state index in [4.69, 9.17) is 0 Å². The van der Waals surface area contributed by atoms with Gasteiger partial charge in [-0.15, -0.1) is 0 Å². The van der Waals surface area contributed by atoms with Gasteiger partial charge < -0.3 is 0 Å². The Kier molecular flexibility index (Phi) is 6.59. The van der Waals surface area contributed by atoms with E-state index in [1.807, 2.05) is 0 Å². The van der Waals surface area contributed by atoms with E-state index in [1.165, 1.54) is 68.5 Å². The number of allylic oxidation sites excluding steroid dienone is 2. The van der Waals surface area contributed by atoms with Gasteiger partial charge in [-0.05, 0) is 0 Å². The van der Waals surface area contributed by atoms with Crippen LogP contribution in [0.4, 0.5) is 0 Å². The summed E-state index contributed by atoms with van der Waals surface area (Å²) in [5, 5.41) is 0. The van der Waals surface area contributed by atoms with Crippen LogP contribution in [0.15, 0.2) is 83.9 Å². The summed E-state index contributed by atoms with van der Waals surface area (Å²) in [6, 6.07) is 28.3. The maximum atomic E-state index is 2.77. The maximum absolute atomic E-state index is 3.07. The van der Waals surface area contributed by atoms with Gasteiger partial charge in [0.2, 0.25) is 0 Å². The third kappa shape index (κ3) is 3.95. The first-order chi connectivity index (χ1) is 20.1. The molecule has 1 heterocycles. The fourth-order valence-corrected chi connectivity index (χ4v) is 26.4. The van der Waals surface area contributed by atoms with Crippen molar-refractivity contribution in [2.24, 2.45) is 5.41 Å². The van der Waals surface area contributed by atoms with E-state index in [9.17, 15) is 0 Å². The summed E-state index contributed by atoms with van der Waals surface area (Å²) < 4.78 is 6.78. The molecule has 0 aromatic heterocycles. The van der Waals surface area contributed by atoms with Gasteiger partial charge in [0.1, 0.15) is 0 Å². The molecule has 0 saturated carbocycles. The van der Waals surface area contributed by atoms with E-state index in [1.54, 1.807) is 22.3 Å². The molecular weight excluding hydrogens is 671 g/mol. The van der Waals surface area contributed by atoms with Crippen molar-refractivity contribution in [1.29, 1.82) is 0 Å². The zero-order chi connectivity index (χ0) is 29.6. The molecule has 2 atom stereocenters. The molecule has 212 valence electrons. The van der Waals surface area contributed by atoms with Crippen molar-refractivity contribution in [1.82, 2.24) is 0 Å². The van der Waals surface area contributed by atoms with Gasteiger partial charge in [-0.3, -0.25) is 0 Å². The van der Waals surface area contributed by atoms with E-state index in [-0.39, 0.29) is 5.41 Å². The van der Waals surface area contributed by atoms with Gasteiger partial charge in [0, 0.05) is 0 Å². The number of aryl methyl sites for hydroxylation is 4. The van der Waals surface area contributed by atoms with E-state index >= 15 is 0 Å². The van der Waals surface area contributed by atoms with Crippen LogP contribution in [0, 0.1) is 33.1 Å². The molecule has 0 bridgehead atoms. The van der Waals surface area contributed by atoms with Crippen LogP contribution < -0.4 is 0 Å². The topological polar surface area (TPSA) is 0 Å². The SMILES string of the molecule is CCCC1(C)C2=Cc3c(-c4cc(C)ccc4C)cccc3[CH]2[Hf]([CH3])([CH3])[CH]2C1=Cc1c(-c3cc(C)ccc3C)cccc12. The number of fused-ring (bicyclic) bond motifs is 6. The van der Waals surface area contributed by atoms with Crippen LogP contribution in [-0.4, -0.2) is 0 Å². The summed E-state index contributed by atoms with van der Waals surface area (Å²) in [4.78, 5) is 0. The van der Waals surface area contributed by atoms with Crippen LogP contribution in [-0.2, 0) is 20.0 Å². The van der Waals surface area contributed by atoms with Crippen LogP contribution in [0.2, 0.25) is 9.36 Å². The minimum absolute atomic E-state index is 0.0789. The quantitative estimate of drug-likeness (QED) is 0.185. The van der Waals surface area contributed by atoms with Crippen molar-refractivity contribution < 1.29 is 20.0 Å². The van der Waals surface area contributed by atoms with Crippen LogP contribution in [0.25, 0.3) is 34.4 Å². The average molecular weight is 715 g/mol. The van der Waals surface area contributed by atoms with E-state index in [0.717, 1.165) is 0 Å². The van der Waals surface area contributed by atoms with Gasteiger partial charge in [0.15, 0.2) is 0 Å². The first-order valence-corrected chi connectivity index (χ1v) is 27.2. The van der Waals surface area contributed by atoms with Gasteiger partial charge in [-0.2, -0.15) is 0 Å². The normalized spacial score (nSPS) is 23.0. The molecule has 7 rings (SSSR count). The zero-order valence-electron chi connectivity index (χ0n) is 26.7. The third-order valence-corrected chi connectivity index (χ3v) is 26.2. The molecule has 0 amide bonds. The first kappa shape index (κ1) is 28.0. The summed E-state index contributed by atoms with van der Waals surface area (Å²) in [5.74, 6) is 0. The molecule has 4 aromatic rings. The molecule has 2 aliphatic carbocycles. The number of rotatable bonds is 4. The Morgan fingerprint density at radius 3 is 1.50 bits per heavy atom. The molecule has 0 N–H and O–H groups in total. The molecule has 0 nitrogen and oxygen atoms in total. The summed E-state index contributed by atoms with van der Waals surface area (Å²) in [5.41, 5.74) is 20.9. The Bertz CT molecular complexity index is 1700. The number of hydrogen-bond acceptors (Lipinski definition) is 0. The predicted molar refractivity (Wildman–Crippen MR) is 179 cm³/mol. The van der Waals surface area contributed by atoms with Gasteiger partial charge >= 0.3 is 259 Å². The molecule has 1 aliphatic heterocycles. The fourth-order valence-electron chi connectivity index (χ4n) is 9.01. The van der Waals surface area contributed by atoms with Gasteiger partial charge in [-0.25, -0.2) is 0 Å². The summed E-state index contributed by atoms with van der Waals surface area (Å²) in [6.07, 6.45) is 7.77. The van der Waals surface area contributed by atoms with Crippen molar-refractivity contribution in [2.75, 3.05) is 0 Å². The number of hydrogen-bond donors (Lipinski definition) is 0. The monoisotopic (exact) mass is 716 g/mol. The van der Waals surface area contributed by atoms with E-state index in [0.29, 0.717) is 7.35 Å². The van der Waals surface area contributed by atoms with Crippen LogP contribution in [0.3, 0.4) is 0 Å². The second kappa shape index (κ2) is 9.88.